The smallest absolute Gasteiger partial charge is 0.259 e. The monoisotopic (exact) mass is 808 g/mol. The number of ether oxygens (including phenoxy) is 1. The molecule has 1 aromatic heterocycles. The van der Waals surface area contributed by atoms with E-state index in [9.17, 15) is 4.79 Å². The van der Waals surface area contributed by atoms with E-state index in [4.69, 9.17) is 21.3 Å². The van der Waals surface area contributed by atoms with Crippen molar-refractivity contribution >= 4 is 90.9 Å². The van der Waals surface area contributed by atoms with Crippen molar-refractivity contribution < 1.29 is 9.53 Å². The van der Waals surface area contributed by atoms with Gasteiger partial charge in [0.15, 0.2) is 0 Å². The van der Waals surface area contributed by atoms with Gasteiger partial charge in [0.1, 0.15) is 17.4 Å². The lowest BCUT2D eigenvalue weighted by Gasteiger charge is -2.33. The molecular weight excluding hydrogens is 778 g/mol. The van der Waals surface area contributed by atoms with Gasteiger partial charge in [0.2, 0.25) is 0 Å². The van der Waals surface area contributed by atoms with Crippen LogP contribution >= 0.6 is 68.1 Å². The van der Waals surface area contributed by atoms with Crippen LogP contribution in [0.3, 0.4) is 0 Å². The Bertz CT molecular complexity index is 1580. The van der Waals surface area contributed by atoms with Crippen LogP contribution in [-0.4, -0.2) is 12.1 Å². The first-order valence-electron chi connectivity index (χ1n) is 13.5. The highest BCUT2D eigenvalue weighted by Gasteiger charge is 2.33. The first-order chi connectivity index (χ1) is 19.6. The number of aliphatic imine (C=N–C) groups is 1. The number of hydrogen-bond donors (Lipinski definition) is 1. The van der Waals surface area contributed by atoms with Crippen LogP contribution in [-0.2, 0) is 19.4 Å². The molecule has 0 spiro atoms. The fraction of sp³-hybridized carbons (Fsp3) is 0.273. The van der Waals surface area contributed by atoms with Gasteiger partial charge in [-0.15, -0.1) is 11.3 Å². The van der Waals surface area contributed by atoms with Crippen LogP contribution in [0, 0.1) is 18.5 Å². The fourth-order valence-corrected chi connectivity index (χ4v) is 8.49. The summed E-state index contributed by atoms with van der Waals surface area (Å²) in [7, 11) is 0. The molecule has 0 unspecified atom stereocenters. The van der Waals surface area contributed by atoms with Gasteiger partial charge < -0.3 is 10.1 Å². The summed E-state index contributed by atoms with van der Waals surface area (Å²) < 4.78 is 8.42. The molecule has 4 aromatic rings. The minimum Gasteiger partial charge on any atom is -0.487 e. The molecule has 0 saturated heterocycles. The topological polar surface area (TPSA) is 50.7 Å². The maximum atomic E-state index is 13.7. The number of nitrogens with zero attached hydrogens (tertiary/aromatic N) is 1. The van der Waals surface area contributed by atoms with Crippen LogP contribution in [0.5, 0.6) is 5.75 Å². The Morgan fingerprint density at radius 1 is 1.12 bits per heavy atom. The second-order valence-corrected chi connectivity index (χ2v) is 15.2. The van der Waals surface area contributed by atoms with Gasteiger partial charge in [-0.1, -0.05) is 62.7 Å². The van der Waals surface area contributed by atoms with Crippen molar-refractivity contribution in [2.24, 2.45) is 16.3 Å². The van der Waals surface area contributed by atoms with Crippen molar-refractivity contribution in [1.29, 1.82) is 0 Å². The van der Waals surface area contributed by atoms with Crippen LogP contribution in [0.4, 0.5) is 10.7 Å². The molecule has 212 valence electrons. The van der Waals surface area contributed by atoms with Crippen LogP contribution < -0.4 is 10.1 Å². The number of benzene rings is 3. The molecule has 1 aliphatic rings. The van der Waals surface area contributed by atoms with E-state index in [1.54, 1.807) is 23.5 Å². The van der Waals surface area contributed by atoms with E-state index in [1.165, 1.54) is 4.88 Å². The SMILES string of the molecule is CC(C)(C)[C@H]1CCc2c(sc(N=Cc3cc(I)cc(I)c3OCc3ccccc3)c2C(=O)Nc2ccc(Cl)cc2)C1. The summed E-state index contributed by atoms with van der Waals surface area (Å²) in [6.45, 7) is 7.38. The third kappa shape index (κ3) is 7.53. The summed E-state index contributed by atoms with van der Waals surface area (Å²) in [5.74, 6) is 1.22. The molecule has 0 fully saturated rings. The maximum absolute atomic E-state index is 13.7. The van der Waals surface area contributed by atoms with E-state index in [1.807, 2.05) is 36.5 Å². The molecule has 3 aromatic carbocycles. The van der Waals surface area contributed by atoms with Gasteiger partial charge in [0.25, 0.3) is 5.91 Å². The Kier molecular flexibility index (Phi) is 9.78. The average molecular weight is 809 g/mol. The van der Waals surface area contributed by atoms with Gasteiger partial charge in [0, 0.05) is 30.9 Å². The van der Waals surface area contributed by atoms with Gasteiger partial charge in [-0.2, -0.15) is 0 Å². The number of amides is 1. The van der Waals surface area contributed by atoms with E-state index in [-0.39, 0.29) is 11.3 Å². The van der Waals surface area contributed by atoms with Crippen LogP contribution in [0.1, 0.15) is 59.1 Å². The summed E-state index contributed by atoms with van der Waals surface area (Å²) in [5, 5.41) is 4.44. The fourth-order valence-electron chi connectivity index (χ4n) is 5.05. The third-order valence-corrected chi connectivity index (χ3v) is 10.2. The zero-order valence-electron chi connectivity index (χ0n) is 23.1. The molecule has 41 heavy (non-hydrogen) atoms. The van der Waals surface area contributed by atoms with Gasteiger partial charge in [-0.25, -0.2) is 4.99 Å². The molecule has 0 aliphatic heterocycles. The molecule has 1 heterocycles. The highest BCUT2D eigenvalue weighted by Crippen LogP contribution is 2.45. The third-order valence-electron chi connectivity index (χ3n) is 7.38. The van der Waals surface area contributed by atoms with Crippen molar-refractivity contribution in [3.63, 3.8) is 0 Å². The molecule has 0 saturated carbocycles. The van der Waals surface area contributed by atoms with Crippen molar-refractivity contribution in [3.8, 4) is 5.75 Å². The standard InChI is InChI=1S/C33H31ClI2N2O2S/c1-33(2,3)22-9-14-26-28(16-22)41-32(29(26)31(39)38-25-12-10-23(34)11-13-25)37-18-21-15-24(35)17-27(36)30(21)40-19-20-7-5-4-6-8-20/h4-8,10-13,15,17-18,22H,9,14,16,19H2,1-3H3,(H,38,39)/t22-/m0/s1. The van der Waals surface area contributed by atoms with Crippen LogP contribution in [0.15, 0.2) is 71.7 Å². The van der Waals surface area contributed by atoms with Crippen molar-refractivity contribution in [3.05, 3.63) is 106 Å². The number of fused-ring (bicyclic) bond motifs is 1. The first kappa shape index (κ1) is 30.5. The molecule has 4 nitrogen and oxygen atoms in total. The predicted octanol–water partition coefficient (Wildman–Crippen LogP) is 10.3. The molecule has 1 N–H and O–H groups in total. The van der Waals surface area contributed by atoms with E-state index in [0.29, 0.717) is 28.8 Å². The molecule has 5 rings (SSSR count). The largest absolute Gasteiger partial charge is 0.487 e. The molecule has 8 heteroatoms. The summed E-state index contributed by atoms with van der Waals surface area (Å²) >= 11 is 12.3. The summed E-state index contributed by atoms with van der Waals surface area (Å²) in [6.07, 6.45) is 4.75. The Hall–Kier alpha value is -1.95. The van der Waals surface area contributed by atoms with E-state index in [2.05, 4.69) is 95.5 Å². The second kappa shape index (κ2) is 13.1. The number of nitrogens with one attached hydrogen (secondary N) is 1. The Morgan fingerprint density at radius 3 is 2.56 bits per heavy atom. The molecule has 1 atom stereocenters. The van der Waals surface area contributed by atoms with Crippen molar-refractivity contribution in [2.75, 3.05) is 5.32 Å². The molecular formula is C33H31ClI2N2O2S. The quantitative estimate of drug-likeness (QED) is 0.149. The van der Waals surface area contributed by atoms with Gasteiger partial charge in [0.05, 0.1) is 9.13 Å². The van der Waals surface area contributed by atoms with Crippen LogP contribution in [0.2, 0.25) is 5.02 Å². The number of thiophene rings is 1. The second-order valence-electron chi connectivity index (χ2n) is 11.3. The summed E-state index contributed by atoms with van der Waals surface area (Å²) in [6, 6.07) is 21.5. The highest BCUT2D eigenvalue weighted by molar-refractivity contribution is 14.1. The van der Waals surface area contributed by atoms with Crippen LogP contribution in [0.25, 0.3) is 0 Å². The summed E-state index contributed by atoms with van der Waals surface area (Å²) in [4.78, 5) is 20.0. The zero-order chi connectivity index (χ0) is 29.1. The molecule has 0 bridgehead atoms. The number of carbonyl (C=O) groups is 1. The normalized spacial score (nSPS) is 15.1. The highest BCUT2D eigenvalue weighted by atomic mass is 127. The number of halogens is 3. The number of rotatable bonds is 7. The minimum absolute atomic E-state index is 0.135. The van der Waals surface area contributed by atoms with Gasteiger partial charge in [-0.3, -0.25) is 4.79 Å². The molecule has 0 radical (unpaired) electrons. The lowest BCUT2D eigenvalue weighted by Crippen LogP contribution is -2.27. The van der Waals surface area contributed by atoms with Crippen molar-refractivity contribution in [1.82, 2.24) is 0 Å². The average Bonchev–Trinajstić information content (AvgIpc) is 3.30. The maximum Gasteiger partial charge on any atom is 0.259 e. The lowest BCUT2D eigenvalue weighted by molar-refractivity contribution is 0.102. The predicted molar refractivity (Wildman–Crippen MR) is 189 cm³/mol. The first-order valence-corrected chi connectivity index (χ1v) is 16.8. The molecule has 1 aliphatic carbocycles. The molecule has 1 amide bonds. The number of anilines is 1. The van der Waals surface area contributed by atoms with Gasteiger partial charge in [-0.05, 0) is 123 Å². The van der Waals surface area contributed by atoms with Crippen molar-refractivity contribution in [2.45, 2.75) is 46.6 Å². The van der Waals surface area contributed by atoms with Gasteiger partial charge >= 0.3 is 0 Å². The number of hydrogen-bond acceptors (Lipinski definition) is 4. The van der Waals surface area contributed by atoms with E-state index < -0.39 is 0 Å². The summed E-state index contributed by atoms with van der Waals surface area (Å²) in [5.41, 5.74) is 4.72. The Labute approximate surface area is 278 Å². The lowest BCUT2D eigenvalue weighted by atomic mass is 9.72. The zero-order valence-corrected chi connectivity index (χ0v) is 29.0. The Balaban J connectivity index is 1.50. The Morgan fingerprint density at radius 2 is 1.85 bits per heavy atom. The minimum atomic E-state index is -0.135. The van der Waals surface area contributed by atoms with E-state index >= 15 is 0 Å². The van der Waals surface area contributed by atoms with E-state index in [0.717, 1.165) is 53.8 Å². The number of carbonyl (C=O) groups excluding carboxylic acids is 1.